The minimum Gasteiger partial charge on any atom is -0.377 e. The Morgan fingerprint density at radius 2 is 2.45 bits per heavy atom. The lowest BCUT2D eigenvalue weighted by Crippen LogP contribution is -2.54. The number of hydrogen-bond donors (Lipinski definition) is 1. The van der Waals surface area contributed by atoms with Gasteiger partial charge in [-0.3, -0.25) is 4.79 Å². The lowest BCUT2D eigenvalue weighted by molar-refractivity contribution is -0.124. The minimum absolute atomic E-state index is 0.0385. The molecule has 1 unspecified atom stereocenters. The number of hydrogen-bond acceptors (Lipinski definition) is 4. The van der Waals surface area contributed by atoms with Crippen LogP contribution in [-0.4, -0.2) is 38.3 Å². The Bertz CT molecular complexity index is 542. The van der Waals surface area contributed by atoms with E-state index in [-0.39, 0.29) is 11.9 Å². The fourth-order valence-corrected chi connectivity index (χ4v) is 2.82. The maximum atomic E-state index is 12.1. The second kappa shape index (κ2) is 6.73. The van der Waals surface area contributed by atoms with Crippen LogP contribution < -0.4 is 10.2 Å². The molecule has 1 aromatic carbocycles. The molecule has 0 aliphatic carbocycles. The van der Waals surface area contributed by atoms with Crippen LogP contribution in [0, 0.1) is 11.3 Å². The van der Waals surface area contributed by atoms with Gasteiger partial charge in [0.15, 0.2) is 0 Å². The van der Waals surface area contributed by atoms with Crippen molar-refractivity contribution in [1.29, 1.82) is 5.26 Å². The van der Waals surface area contributed by atoms with Crippen LogP contribution in [0.3, 0.4) is 0 Å². The molecule has 20 heavy (non-hydrogen) atoms. The molecule has 0 spiro atoms. The number of nitrogens with one attached hydrogen (secondary N) is 1. The van der Waals surface area contributed by atoms with Crippen LogP contribution in [-0.2, 0) is 9.53 Å². The maximum Gasteiger partial charge on any atom is 0.245 e. The zero-order chi connectivity index (χ0) is 14.5. The summed E-state index contributed by atoms with van der Waals surface area (Å²) in [5.74, 6) is -0.0385. The highest BCUT2D eigenvalue weighted by molar-refractivity contribution is 9.10. The number of anilines is 1. The Balaban J connectivity index is 2.28. The zero-order valence-corrected chi connectivity index (χ0v) is 12.8. The van der Waals surface area contributed by atoms with Gasteiger partial charge in [0.25, 0.3) is 0 Å². The van der Waals surface area contributed by atoms with Gasteiger partial charge in [-0.1, -0.05) is 0 Å². The van der Waals surface area contributed by atoms with Crippen LogP contribution in [0.25, 0.3) is 0 Å². The van der Waals surface area contributed by atoms with E-state index in [1.807, 2.05) is 17.9 Å². The summed E-state index contributed by atoms with van der Waals surface area (Å²) in [6.07, 6.45) is 0. The van der Waals surface area contributed by atoms with Gasteiger partial charge in [0.05, 0.1) is 30.5 Å². The van der Waals surface area contributed by atoms with Crippen LogP contribution in [0.5, 0.6) is 0 Å². The molecule has 1 aliphatic heterocycles. The standard InChI is InChI=1S/C14H16BrN3O2/c1-2-17-14(19)13-9-20-6-5-18(13)12-4-3-10(8-16)7-11(12)15/h3-4,7,13H,2,5-6,9H2,1H3,(H,17,19). The summed E-state index contributed by atoms with van der Waals surface area (Å²) in [4.78, 5) is 14.1. The summed E-state index contributed by atoms with van der Waals surface area (Å²) < 4.78 is 6.23. The fraction of sp³-hybridized carbons (Fsp3) is 0.429. The number of nitriles is 1. The fourth-order valence-electron chi connectivity index (χ4n) is 2.21. The van der Waals surface area contributed by atoms with Gasteiger partial charge in [-0.05, 0) is 41.1 Å². The van der Waals surface area contributed by atoms with Gasteiger partial charge in [0, 0.05) is 17.6 Å². The molecular formula is C14H16BrN3O2. The molecule has 1 N–H and O–H groups in total. The van der Waals surface area contributed by atoms with Crippen molar-refractivity contribution in [3.05, 3.63) is 28.2 Å². The molecule has 106 valence electrons. The lowest BCUT2D eigenvalue weighted by atomic mass is 10.1. The van der Waals surface area contributed by atoms with Crippen LogP contribution >= 0.6 is 15.9 Å². The van der Waals surface area contributed by atoms with Crippen LogP contribution in [0.1, 0.15) is 12.5 Å². The maximum absolute atomic E-state index is 12.1. The highest BCUT2D eigenvalue weighted by atomic mass is 79.9. The SMILES string of the molecule is CCNC(=O)C1COCCN1c1ccc(C#N)cc1Br. The molecule has 1 aromatic rings. The Morgan fingerprint density at radius 1 is 1.65 bits per heavy atom. The normalized spacial score (nSPS) is 18.4. The number of halogens is 1. The second-order valence-electron chi connectivity index (χ2n) is 4.46. The molecular weight excluding hydrogens is 322 g/mol. The third kappa shape index (κ3) is 3.11. The van der Waals surface area contributed by atoms with Gasteiger partial charge in [0.2, 0.25) is 5.91 Å². The number of benzene rings is 1. The van der Waals surface area contributed by atoms with Crippen molar-refractivity contribution >= 4 is 27.5 Å². The summed E-state index contributed by atoms with van der Waals surface area (Å²) in [5.41, 5.74) is 1.49. The Morgan fingerprint density at radius 3 is 3.10 bits per heavy atom. The molecule has 0 saturated carbocycles. The van der Waals surface area contributed by atoms with Gasteiger partial charge in [-0.15, -0.1) is 0 Å². The molecule has 2 rings (SSSR count). The van der Waals surface area contributed by atoms with Gasteiger partial charge >= 0.3 is 0 Å². The van der Waals surface area contributed by atoms with Crippen molar-refractivity contribution in [3.63, 3.8) is 0 Å². The van der Waals surface area contributed by atoms with E-state index in [9.17, 15) is 4.79 Å². The van der Waals surface area contributed by atoms with E-state index in [0.717, 1.165) is 10.2 Å². The summed E-state index contributed by atoms with van der Waals surface area (Å²) in [5, 5.41) is 11.7. The quantitative estimate of drug-likeness (QED) is 0.910. The summed E-state index contributed by atoms with van der Waals surface area (Å²) >= 11 is 3.47. The molecule has 0 radical (unpaired) electrons. The van der Waals surface area contributed by atoms with Crippen molar-refractivity contribution < 1.29 is 9.53 Å². The van der Waals surface area contributed by atoms with Crippen LogP contribution in [0.4, 0.5) is 5.69 Å². The average Bonchev–Trinajstić information content (AvgIpc) is 2.47. The number of carbonyl (C=O) groups is 1. The molecule has 1 aliphatic rings. The van der Waals surface area contributed by atoms with Crippen molar-refractivity contribution in [2.75, 3.05) is 31.2 Å². The minimum atomic E-state index is -0.340. The van der Waals surface area contributed by atoms with E-state index in [4.69, 9.17) is 10.00 Å². The Hall–Kier alpha value is -1.58. The summed E-state index contributed by atoms with van der Waals surface area (Å²) in [7, 11) is 0. The van der Waals surface area contributed by atoms with E-state index in [0.29, 0.717) is 31.9 Å². The first-order valence-electron chi connectivity index (χ1n) is 6.49. The molecule has 0 aromatic heterocycles. The first-order valence-corrected chi connectivity index (χ1v) is 7.28. The van der Waals surface area contributed by atoms with Gasteiger partial charge in [-0.2, -0.15) is 5.26 Å². The molecule has 5 nitrogen and oxygen atoms in total. The average molecular weight is 338 g/mol. The van der Waals surface area contributed by atoms with E-state index < -0.39 is 0 Å². The number of amides is 1. The third-order valence-corrected chi connectivity index (χ3v) is 3.80. The van der Waals surface area contributed by atoms with Gasteiger partial charge in [0.1, 0.15) is 6.04 Å². The Kier molecular flexibility index (Phi) is 4.99. The zero-order valence-electron chi connectivity index (χ0n) is 11.2. The molecule has 1 fully saturated rings. The Labute approximate surface area is 126 Å². The first kappa shape index (κ1) is 14.8. The molecule has 6 heteroatoms. The lowest BCUT2D eigenvalue weighted by Gasteiger charge is -2.36. The number of rotatable bonds is 3. The first-order chi connectivity index (χ1) is 9.67. The predicted octanol–water partition coefficient (Wildman–Crippen LogP) is 1.66. The summed E-state index contributed by atoms with van der Waals surface area (Å²) in [6, 6.07) is 7.14. The highest BCUT2D eigenvalue weighted by Crippen LogP contribution is 2.29. The predicted molar refractivity (Wildman–Crippen MR) is 79.5 cm³/mol. The van der Waals surface area contributed by atoms with Crippen molar-refractivity contribution in [2.24, 2.45) is 0 Å². The molecule has 1 heterocycles. The van der Waals surface area contributed by atoms with Gasteiger partial charge < -0.3 is 15.0 Å². The van der Waals surface area contributed by atoms with E-state index in [1.165, 1.54) is 0 Å². The van der Waals surface area contributed by atoms with Crippen molar-refractivity contribution in [1.82, 2.24) is 5.32 Å². The van der Waals surface area contributed by atoms with E-state index in [2.05, 4.69) is 27.3 Å². The smallest absolute Gasteiger partial charge is 0.245 e. The number of likely N-dealkylation sites (N-methyl/N-ethyl adjacent to an activating group) is 1. The molecule has 1 saturated heterocycles. The second-order valence-corrected chi connectivity index (χ2v) is 5.31. The monoisotopic (exact) mass is 337 g/mol. The largest absolute Gasteiger partial charge is 0.377 e. The van der Waals surface area contributed by atoms with Crippen molar-refractivity contribution in [2.45, 2.75) is 13.0 Å². The molecule has 1 atom stereocenters. The number of carbonyl (C=O) groups excluding carboxylic acids is 1. The van der Waals surface area contributed by atoms with Gasteiger partial charge in [-0.25, -0.2) is 0 Å². The molecule has 0 bridgehead atoms. The number of ether oxygens (including phenoxy) is 1. The number of morpholine rings is 1. The van der Waals surface area contributed by atoms with E-state index >= 15 is 0 Å². The van der Waals surface area contributed by atoms with Crippen LogP contribution in [0.2, 0.25) is 0 Å². The number of nitrogens with zero attached hydrogens (tertiary/aromatic N) is 2. The van der Waals surface area contributed by atoms with Crippen molar-refractivity contribution in [3.8, 4) is 6.07 Å². The van der Waals surface area contributed by atoms with E-state index in [1.54, 1.807) is 12.1 Å². The molecule has 1 amide bonds. The highest BCUT2D eigenvalue weighted by Gasteiger charge is 2.30. The topological polar surface area (TPSA) is 65.4 Å². The third-order valence-electron chi connectivity index (χ3n) is 3.17. The van der Waals surface area contributed by atoms with Crippen LogP contribution in [0.15, 0.2) is 22.7 Å². The summed E-state index contributed by atoms with van der Waals surface area (Å²) in [6.45, 7) is 4.09.